The Morgan fingerprint density at radius 3 is 2.37 bits per heavy atom. The Morgan fingerprint density at radius 1 is 1.00 bits per heavy atom. The van der Waals surface area contributed by atoms with Gasteiger partial charge in [-0.15, -0.1) is 0 Å². The molecule has 1 saturated heterocycles. The molecule has 12 heteroatoms. The largest absolute Gasteiger partial charge is 0.399 e. The minimum absolute atomic E-state index is 0.0455. The number of carbonyl (C=O) groups is 2. The second-order valence-corrected chi connectivity index (χ2v) is 14.0. The molecule has 1 heterocycles. The molecule has 3 aromatic carbocycles. The molecule has 1 fully saturated rings. The summed E-state index contributed by atoms with van der Waals surface area (Å²) >= 11 is 0. The van der Waals surface area contributed by atoms with Crippen LogP contribution in [0.5, 0.6) is 0 Å². The van der Waals surface area contributed by atoms with Crippen molar-refractivity contribution >= 4 is 38.4 Å². The van der Waals surface area contributed by atoms with E-state index in [1.54, 1.807) is 17.0 Å². The number of nitrogens with zero attached hydrogens (tertiary/aromatic N) is 2. The predicted octanol–water partition coefficient (Wildman–Crippen LogP) is 3.37. The van der Waals surface area contributed by atoms with E-state index in [0.29, 0.717) is 64.2 Å². The highest BCUT2D eigenvalue weighted by Gasteiger charge is 2.31. The van der Waals surface area contributed by atoms with Crippen molar-refractivity contribution in [2.75, 3.05) is 51.7 Å². The number of aliphatic hydroxyl groups is 1. The molecule has 0 aromatic heterocycles. The summed E-state index contributed by atoms with van der Waals surface area (Å²) in [6.07, 6.45) is 1.89. The first-order valence-electron chi connectivity index (χ1n) is 15.9. The van der Waals surface area contributed by atoms with Crippen LogP contribution < -0.4 is 16.4 Å². The van der Waals surface area contributed by atoms with Crippen LogP contribution in [-0.4, -0.2) is 92.8 Å². The number of aliphatic hydroxyl groups excluding tert-OH is 1. The zero-order chi connectivity index (χ0) is 33.1. The number of morpholine rings is 1. The zero-order valence-electron chi connectivity index (χ0n) is 26.7. The molecule has 0 spiro atoms. The van der Waals surface area contributed by atoms with Crippen LogP contribution in [-0.2, 0) is 26.0 Å². The molecule has 0 saturated carbocycles. The standard InChI is InChI=1S/C34H47N5O6S/c1-25(2)23-39(46(43,44)31-14-12-29(35)13-15-31)30(24-40)9-5-6-16-36-33(41)32(37-34(42)38-17-19-45-20-18-38)22-26-10-11-27-7-3-4-8-28(27)21-26/h3-4,7-8,10-15,21,25,30,32,40H,5-6,9,16-20,22-24,35H2,1-2H3,(H,36,41)(H,37,42)/t30-,32-/m0/s1. The van der Waals surface area contributed by atoms with Crippen LogP contribution in [0.1, 0.15) is 38.7 Å². The summed E-state index contributed by atoms with van der Waals surface area (Å²) in [5.74, 6) is -0.245. The summed E-state index contributed by atoms with van der Waals surface area (Å²) in [5, 5.41) is 18.3. The van der Waals surface area contributed by atoms with Gasteiger partial charge in [0.25, 0.3) is 0 Å². The van der Waals surface area contributed by atoms with Gasteiger partial charge in [0.1, 0.15) is 6.04 Å². The third kappa shape index (κ3) is 9.65. The Hall–Kier alpha value is -3.71. The van der Waals surface area contributed by atoms with Gasteiger partial charge in [-0.3, -0.25) is 4.79 Å². The average molecular weight is 654 g/mol. The number of nitrogens with one attached hydrogen (secondary N) is 2. The van der Waals surface area contributed by atoms with Gasteiger partial charge >= 0.3 is 6.03 Å². The van der Waals surface area contributed by atoms with E-state index < -0.39 is 22.1 Å². The van der Waals surface area contributed by atoms with Crippen LogP contribution in [0.4, 0.5) is 10.5 Å². The summed E-state index contributed by atoms with van der Waals surface area (Å²) in [6.45, 7) is 5.98. The first-order chi connectivity index (χ1) is 22.1. The molecule has 2 atom stereocenters. The molecular formula is C34H47N5O6S. The number of unbranched alkanes of at least 4 members (excludes halogenated alkanes) is 1. The molecular weight excluding hydrogens is 606 g/mol. The smallest absolute Gasteiger partial charge is 0.318 e. The number of anilines is 1. The summed E-state index contributed by atoms with van der Waals surface area (Å²) in [5.41, 5.74) is 7.16. The summed E-state index contributed by atoms with van der Waals surface area (Å²) < 4.78 is 33.8. The van der Waals surface area contributed by atoms with E-state index in [-0.39, 0.29) is 35.9 Å². The average Bonchev–Trinajstić information content (AvgIpc) is 3.05. The van der Waals surface area contributed by atoms with Crippen molar-refractivity contribution in [1.82, 2.24) is 19.8 Å². The Morgan fingerprint density at radius 2 is 1.70 bits per heavy atom. The van der Waals surface area contributed by atoms with Crippen LogP contribution in [0.25, 0.3) is 10.8 Å². The van der Waals surface area contributed by atoms with Gasteiger partial charge in [0.2, 0.25) is 15.9 Å². The number of nitrogen functional groups attached to an aromatic ring is 1. The Labute approximate surface area is 272 Å². The lowest BCUT2D eigenvalue weighted by Crippen LogP contribution is -2.54. The third-order valence-electron chi connectivity index (χ3n) is 8.08. The Bertz CT molecular complexity index is 1540. The highest BCUT2D eigenvalue weighted by molar-refractivity contribution is 7.89. The number of hydrogen-bond acceptors (Lipinski definition) is 7. The van der Waals surface area contributed by atoms with E-state index in [4.69, 9.17) is 10.5 Å². The molecule has 4 rings (SSSR count). The van der Waals surface area contributed by atoms with E-state index >= 15 is 0 Å². The maximum Gasteiger partial charge on any atom is 0.318 e. The second kappa shape index (κ2) is 16.7. The van der Waals surface area contributed by atoms with E-state index in [2.05, 4.69) is 10.6 Å². The number of amides is 3. The number of hydrogen-bond donors (Lipinski definition) is 4. The van der Waals surface area contributed by atoms with Gasteiger partial charge in [-0.05, 0) is 59.4 Å². The van der Waals surface area contributed by atoms with Crippen LogP contribution in [0.2, 0.25) is 0 Å². The Kier molecular flexibility index (Phi) is 12.8. The molecule has 46 heavy (non-hydrogen) atoms. The number of sulfonamides is 1. The SMILES string of the molecule is CC(C)CN([C@H](CO)CCCCNC(=O)[C@H](Cc1ccc2ccccc2c1)NC(=O)N1CCOCC1)S(=O)(=O)c1ccc(N)cc1. The molecule has 1 aliphatic rings. The van der Waals surface area contributed by atoms with Crippen molar-refractivity contribution in [3.05, 3.63) is 72.3 Å². The molecule has 0 unspecified atom stereocenters. The molecule has 5 N–H and O–H groups in total. The van der Waals surface area contributed by atoms with Crippen molar-refractivity contribution in [1.29, 1.82) is 0 Å². The van der Waals surface area contributed by atoms with Gasteiger partial charge in [-0.25, -0.2) is 13.2 Å². The lowest BCUT2D eigenvalue weighted by molar-refractivity contribution is -0.123. The van der Waals surface area contributed by atoms with Crippen molar-refractivity contribution < 1.29 is 27.9 Å². The first kappa shape index (κ1) is 35.1. The molecule has 0 radical (unpaired) electrons. The van der Waals surface area contributed by atoms with Crippen molar-refractivity contribution in [3.8, 4) is 0 Å². The number of fused-ring (bicyclic) bond motifs is 1. The predicted molar refractivity (Wildman–Crippen MR) is 180 cm³/mol. The van der Waals surface area contributed by atoms with Gasteiger partial charge in [0, 0.05) is 44.3 Å². The second-order valence-electron chi connectivity index (χ2n) is 12.1. The number of rotatable bonds is 15. The number of carbonyl (C=O) groups excluding carboxylic acids is 2. The van der Waals surface area contributed by atoms with Crippen LogP contribution >= 0.6 is 0 Å². The van der Waals surface area contributed by atoms with Gasteiger partial charge in [0.15, 0.2) is 0 Å². The minimum atomic E-state index is -3.86. The van der Waals surface area contributed by atoms with Gasteiger partial charge < -0.3 is 31.1 Å². The number of ether oxygens (including phenoxy) is 1. The summed E-state index contributed by atoms with van der Waals surface area (Å²) in [6, 6.07) is 18.4. The highest BCUT2D eigenvalue weighted by atomic mass is 32.2. The van der Waals surface area contributed by atoms with E-state index in [9.17, 15) is 23.1 Å². The number of benzene rings is 3. The summed E-state index contributed by atoms with van der Waals surface area (Å²) in [7, 11) is -3.86. The third-order valence-corrected chi connectivity index (χ3v) is 10.0. The topological polar surface area (TPSA) is 154 Å². The first-order valence-corrected chi connectivity index (χ1v) is 17.4. The quantitative estimate of drug-likeness (QED) is 0.145. The van der Waals surface area contributed by atoms with Crippen molar-refractivity contribution in [2.24, 2.45) is 5.92 Å². The zero-order valence-corrected chi connectivity index (χ0v) is 27.5. The maximum atomic E-state index is 13.5. The lowest BCUT2D eigenvalue weighted by Gasteiger charge is -2.31. The fourth-order valence-electron chi connectivity index (χ4n) is 5.56. The van der Waals surface area contributed by atoms with Crippen molar-refractivity contribution in [3.63, 3.8) is 0 Å². The van der Waals surface area contributed by atoms with Crippen LogP contribution in [0, 0.1) is 5.92 Å². The maximum absolute atomic E-state index is 13.5. The lowest BCUT2D eigenvalue weighted by atomic mass is 10.0. The highest BCUT2D eigenvalue weighted by Crippen LogP contribution is 2.23. The van der Waals surface area contributed by atoms with Crippen LogP contribution in [0.15, 0.2) is 71.6 Å². The fourth-order valence-corrected chi connectivity index (χ4v) is 7.37. The van der Waals surface area contributed by atoms with Gasteiger partial charge in [-0.1, -0.05) is 62.7 Å². The van der Waals surface area contributed by atoms with Crippen molar-refractivity contribution in [2.45, 2.75) is 56.5 Å². The van der Waals surface area contributed by atoms with E-state index in [0.717, 1.165) is 16.3 Å². The molecule has 0 aliphatic carbocycles. The molecule has 0 bridgehead atoms. The van der Waals surface area contributed by atoms with E-state index in [1.807, 2.05) is 56.3 Å². The minimum Gasteiger partial charge on any atom is -0.399 e. The van der Waals surface area contributed by atoms with Crippen LogP contribution in [0.3, 0.4) is 0 Å². The number of nitrogens with two attached hydrogens (primary N) is 1. The molecule has 11 nitrogen and oxygen atoms in total. The Balaban J connectivity index is 1.37. The molecule has 1 aliphatic heterocycles. The van der Waals surface area contributed by atoms with Gasteiger partial charge in [0.05, 0.1) is 24.7 Å². The molecule has 3 amide bonds. The number of urea groups is 1. The fraction of sp³-hybridized carbons (Fsp3) is 0.471. The molecule has 3 aromatic rings. The monoisotopic (exact) mass is 653 g/mol. The molecule has 250 valence electrons. The normalized spacial score (nSPS) is 15.2. The van der Waals surface area contributed by atoms with Gasteiger partial charge in [-0.2, -0.15) is 4.31 Å². The summed E-state index contributed by atoms with van der Waals surface area (Å²) in [4.78, 5) is 28.2. The van der Waals surface area contributed by atoms with E-state index in [1.165, 1.54) is 16.4 Å².